The van der Waals surface area contributed by atoms with E-state index in [-0.39, 0.29) is 5.91 Å². The Kier molecular flexibility index (Phi) is 4.60. The van der Waals surface area contributed by atoms with Crippen molar-refractivity contribution in [2.45, 2.75) is 51.0 Å². The molecule has 2 aliphatic rings. The summed E-state index contributed by atoms with van der Waals surface area (Å²) in [6.07, 6.45) is 7.53. The number of nitrogens with one attached hydrogen (secondary N) is 1. The lowest BCUT2D eigenvalue weighted by Gasteiger charge is -2.27. The van der Waals surface area contributed by atoms with E-state index in [0.29, 0.717) is 19.1 Å². The number of hydroxylamine groups is 2. The maximum Gasteiger partial charge on any atom is 0.246 e. The fourth-order valence-corrected chi connectivity index (χ4v) is 2.39. The van der Waals surface area contributed by atoms with Gasteiger partial charge in [0.25, 0.3) is 0 Å². The van der Waals surface area contributed by atoms with Gasteiger partial charge in [-0.1, -0.05) is 6.42 Å². The van der Waals surface area contributed by atoms with Crippen LogP contribution >= 0.6 is 0 Å². The number of hydrogen-bond acceptors (Lipinski definition) is 3. The fraction of sp³-hybridized carbons (Fsp3) is 0.917. The van der Waals surface area contributed by atoms with Crippen LogP contribution in [0.5, 0.6) is 0 Å². The summed E-state index contributed by atoms with van der Waals surface area (Å²) >= 11 is 0. The number of rotatable bonds is 3. The number of carbonyl (C=O) groups excluding carboxylic acids is 1. The Morgan fingerprint density at radius 2 is 2.25 bits per heavy atom. The van der Waals surface area contributed by atoms with E-state index in [1.54, 1.807) is 5.06 Å². The lowest BCUT2D eigenvalue weighted by molar-refractivity contribution is -0.197. The first-order valence-electron chi connectivity index (χ1n) is 6.53. The topological polar surface area (TPSA) is 41.6 Å². The largest absolute Gasteiger partial charge is 0.314 e. The lowest BCUT2D eigenvalue weighted by Crippen LogP contribution is -2.38. The number of carbonyl (C=O) groups is 1. The summed E-state index contributed by atoms with van der Waals surface area (Å²) in [5.41, 5.74) is 0. The molecule has 0 aromatic carbocycles. The lowest BCUT2D eigenvalue weighted by atomic mass is 10.0. The van der Waals surface area contributed by atoms with Gasteiger partial charge in [0.05, 0.1) is 6.61 Å². The summed E-state index contributed by atoms with van der Waals surface area (Å²) in [6.45, 7) is 2.59. The van der Waals surface area contributed by atoms with E-state index in [4.69, 9.17) is 4.84 Å². The molecule has 0 spiro atoms. The zero-order chi connectivity index (χ0) is 11.2. The molecule has 1 N–H and O–H groups in total. The van der Waals surface area contributed by atoms with Crippen LogP contribution in [0.1, 0.15) is 44.9 Å². The standard InChI is InChI=1S/C12H22N2O2/c15-12(14-9-3-4-10-16-14)7-6-11-5-1-2-8-13-11/h11,13H,1-10H2. The normalized spacial score (nSPS) is 26.8. The van der Waals surface area contributed by atoms with Gasteiger partial charge < -0.3 is 5.32 Å². The second kappa shape index (κ2) is 6.21. The molecular weight excluding hydrogens is 204 g/mol. The zero-order valence-corrected chi connectivity index (χ0v) is 9.91. The van der Waals surface area contributed by atoms with Crippen molar-refractivity contribution in [2.24, 2.45) is 0 Å². The molecular formula is C12H22N2O2. The van der Waals surface area contributed by atoms with E-state index in [1.165, 1.54) is 19.3 Å². The van der Waals surface area contributed by atoms with Crippen LogP contribution in [0.4, 0.5) is 0 Å². The van der Waals surface area contributed by atoms with Gasteiger partial charge in [0, 0.05) is 19.0 Å². The van der Waals surface area contributed by atoms with Crippen LogP contribution in [0.15, 0.2) is 0 Å². The summed E-state index contributed by atoms with van der Waals surface area (Å²) < 4.78 is 0. The first kappa shape index (κ1) is 11.9. The van der Waals surface area contributed by atoms with Crippen LogP contribution < -0.4 is 5.32 Å². The Morgan fingerprint density at radius 1 is 1.31 bits per heavy atom. The van der Waals surface area contributed by atoms with Gasteiger partial charge in [0.15, 0.2) is 0 Å². The molecule has 1 atom stereocenters. The van der Waals surface area contributed by atoms with Crippen LogP contribution in [0, 0.1) is 0 Å². The molecule has 0 radical (unpaired) electrons. The SMILES string of the molecule is O=C(CCC1CCCCN1)N1CCCCO1. The molecule has 1 unspecified atom stereocenters. The molecule has 16 heavy (non-hydrogen) atoms. The van der Waals surface area contributed by atoms with E-state index in [0.717, 1.165) is 32.4 Å². The fourth-order valence-electron chi connectivity index (χ4n) is 2.39. The number of piperidine rings is 1. The molecule has 2 aliphatic heterocycles. The monoisotopic (exact) mass is 226 g/mol. The van der Waals surface area contributed by atoms with Crippen molar-refractivity contribution in [1.82, 2.24) is 10.4 Å². The van der Waals surface area contributed by atoms with Crippen LogP contribution in [0.3, 0.4) is 0 Å². The Labute approximate surface area is 97.3 Å². The summed E-state index contributed by atoms with van der Waals surface area (Å²) in [5, 5.41) is 5.03. The highest BCUT2D eigenvalue weighted by molar-refractivity contribution is 5.75. The van der Waals surface area contributed by atoms with E-state index < -0.39 is 0 Å². The average Bonchev–Trinajstić information content (AvgIpc) is 2.38. The van der Waals surface area contributed by atoms with Gasteiger partial charge in [-0.05, 0) is 38.6 Å². The van der Waals surface area contributed by atoms with Crippen molar-refractivity contribution in [3.8, 4) is 0 Å². The van der Waals surface area contributed by atoms with Crippen molar-refractivity contribution in [3.63, 3.8) is 0 Å². The van der Waals surface area contributed by atoms with Gasteiger partial charge in [0.2, 0.25) is 5.91 Å². The first-order valence-corrected chi connectivity index (χ1v) is 6.53. The van der Waals surface area contributed by atoms with Crippen molar-refractivity contribution in [1.29, 1.82) is 0 Å². The molecule has 0 aromatic rings. The maximum absolute atomic E-state index is 11.8. The molecule has 0 bridgehead atoms. The first-order chi connectivity index (χ1) is 7.86. The second-order valence-corrected chi connectivity index (χ2v) is 4.72. The smallest absolute Gasteiger partial charge is 0.246 e. The molecule has 92 valence electrons. The predicted molar refractivity (Wildman–Crippen MR) is 61.8 cm³/mol. The molecule has 0 saturated carbocycles. The molecule has 2 fully saturated rings. The number of nitrogens with zero attached hydrogens (tertiary/aromatic N) is 1. The predicted octanol–water partition coefficient (Wildman–Crippen LogP) is 1.46. The average molecular weight is 226 g/mol. The van der Waals surface area contributed by atoms with Crippen LogP contribution in [-0.2, 0) is 9.63 Å². The van der Waals surface area contributed by atoms with Crippen molar-refractivity contribution < 1.29 is 9.63 Å². The molecule has 2 heterocycles. The molecule has 2 rings (SSSR count). The van der Waals surface area contributed by atoms with Gasteiger partial charge in [-0.15, -0.1) is 0 Å². The molecule has 2 saturated heterocycles. The third-order valence-electron chi connectivity index (χ3n) is 3.40. The number of amides is 1. The Bertz CT molecular complexity index is 221. The van der Waals surface area contributed by atoms with E-state index in [2.05, 4.69) is 5.32 Å². The molecule has 4 nitrogen and oxygen atoms in total. The summed E-state index contributed by atoms with van der Waals surface area (Å²) in [6, 6.07) is 0.544. The van der Waals surface area contributed by atoms with Crippen LogP contribution in [0.25, 0.3) is 0 Å². The third kappa shape index (κ3) is 3.46. The van der Waals surface area contributed by atoms with E-state index in [9.17, 15) is 4.79 Å². The van der Waals surface area contributed by atoms with Gasteiger partial charge in [-0.2, -0.15) is 0 Å². The summed E-state index contributed by atoms with van der Waals surface area (Å²) in [4.78, 5) is 17.2. The highest BCUT2D eigenvalue weighted by Crippen LogP contribution is 2.14. The maximum atomic E-state index is 11.8. The Balaban J connectivity index is 1.65. The summed E-state index contributed by atoms with van der Waals surface area (Å²) in [5.74, 6) is 0.159. The molecule has 1 amide bonds. The Hall–Kier alpha value is -0.610. The minimum atomic E-state index is 0.159. The van der Waals surface area contributed by atoms with Crippen molar-refractivity contribution in [2.75, 3.05) is 19.7 Å². The highest BCUT2D eigenvalue weighted by Gasteiger charge is 2.19. The molecule has 4 heteroatoms. The molecule has 0 aliphatic carbocycles. The minimum Gasteiger partial charge on any atom is -0.314 e. The van der Waals surface area contributed by atoms with Crippen LogP contribution in [0.2, 0.25) is 0 Å². The minimum absolute atomic E-state index is 0.159. The van der Waals surface area contributed by atoms with E-state index >= 15 is 0 Å². The quantitative estimate of drug-likeness (QED) is 0.792. The molecule has 0 aromatic heterocycles. The van der Waals surface area contributed by atoms with Gasteiger partial charge in [0.1, 0.15) is 0 Å². The third-order valence-corrected chi connectivity index (χ3v) is 3.40. The van der Waals surface area contributed by atoms with Gasteiger partial charge in [-0.3, -0.25) is 9.63 Å². The number of hydrogen-bond donors (Lipinski definition) is 1. The van der Waals surface area contributed by atoms with Crippen LogP contribution in [-0.4, -0.2) is 36.7 Å². The second-order valence-electron chi connectivity index (χ2n) is 4.72. The van der Waals surface area contributed by atoms with Crippen molar-refractivity contribution in [3.05, 3.63) is 0 Å². The zero-order valence-electron chi connectivity index (χ0n) is 9.91. The van der Waals surface area contributed by atoms with Crippen molar-refractivity contribution >= 4 is 5.91 Å². The Morgan fingerprint density at radius 3 is 2.94 bits per heavy atom. The summed E-state index contributed by atoms with van der Waals surface area (Å²) in [7, 11) is 0. The highest BCUT2D eigenvalue weighted by atomic mass is 16.7. The van der Waals surface area contributed by atoms with Gasteiger partial charge >= 0.3 is 0 Å². The van der Waals surface area contributed by atoms with Gasteiger partial charge in [-0.25, -0.2) is 5.06 Å². The van der Waals surface area contributed by atoms with E-state index in [1.807, 2.05) is 0 Å².